The van der Waals surface area contributed by atoms with E-state index in [0.717, 1.165) is 10.9 Å². The number of thiophene rings is 1. The first-order chi connectivity index (χ1) is 10.0. The van der Waals surface area contributed by atoms with E-state index in [2.05, 4.69) is 5.32 Å². The van der Waals surface area contributed by atoms with Crippen molar-refractivity contribution in [3.63, 3.8) is 0 Å². The van der Waals surface area contributed by atoms with Gasteiger partial charge < -0.3 is 5.32 Å². The molecule has 1 aliphatic heterocycles. The number of hydrogen-bond acceptors (Lipinski definition) is 4. The fourth-order valence-electron chi connectivity index (χ4n) is 1.85. The van der Waals surface area contributed by atoms with Crippen molar-refractivity contribution in [3.05, 3.63) is 51.1 Å². The van der Waals surface area contributed by atoms with E-state index in [1.54, 1.807) is 17.5 Å². The number of thioether (sulfide) groups is 1. The molecule has 1 amide bonds. The van der Waals surface area contributed by atoms with Crippen molar-refractivity contribution in [2.45, 2.75) is 0 Å². The summed E-state index contributed by atoms with van der Waals surface area (Å²) >= 11 is 7.50. The Hall–Kier alpha value is -1.57. The van der Waals surface area contributed by atoms with Crippen LogP contribution in [0.2, 0.25) is 0 Å². The Morgan fingerprint density at radius 2 is 1.81 bits per heavy atom. The standard InChI is InChI=1S/C14H7F2NOS3/c15-9-1-7(2-10(16)4-9)8-3-11(20-6-8)5-12-13(18)17-14(19)21-12/h1-6H,(H,17,18,19)/b12-5-. The van der Waals surface area contributed by atoms with Crippen LogP contribution in [0.4, 0.5) is 8.78 Å². The Balaban J connectivity index is 1.92. The molecule has 7 heteroatoms. The van der Waals surface area contributed by atoms with Gasteiger partial charge in [0, 0.05) is 10.9 Å². The molecular formula is C14H7F2NOS3. The zero-order valence-corrected chi connectivity index (χ0v) is 12.8. The highest BCUT2D eigenvalue weighted by molar-refractivity contribution is 8.26. The lowest BCUT2D eigenvalue weighted by atomic mass is 10.1. The van der Waals surface area contributed by atoms with Crippen LogP contribution in [0, 0.1) is 11.6 Å². The Kier molecular flexibility index (Phi) is 3.88. The van der Waals surface area contributed by atoms with Crippen LogP contribution in [0.5, 0.6) is 0 Å². The fourth-order valence-corrected chi connectivity index (χ4v) is 3.81. The Bertz CT molecular complexity index is 762. The predicted octanol–water partition coefficient (Wildman–Crippen LogP) is 4.18. The van der Waals surface area contributed by atoms with Gasteiger partial charge in [0.05, 0.1) is 4.91 Å². The van der Waals surface area contributed by atoms with Crippen LogP contribution in [0.15, 0.2) is 34.6 Å². The molecular weight excluding hydrogens is 332 g/mol. The summed E-state index contributed by atoms with van der Waals surface area (Å²) in [6.45, 7) is 0. The zero-order chi connectivity index (χ0) is 15.0. The van der Waals surface area contributed by atoms with Crippen LogP contribution in [0.3, 0.4) is 0 Å². The van der Waals surface area contributed by atoms with Crippen LogP contribution in [0.1, 0.15) is 4.88 Å². The SMILES string of the molecule is O=C1NC(=S)S/C1=C\c1cc(-c2cc(F)cc(F)c2)cs1. The second-order valence-corrected chi connectivity index (χ2v) is 6.91. The highest BCUT2D eigenvalue weighted by atomic mass is 32.2. The molecule has 1 N–H and O–H groups in total. The molecule has 0 aliphatic carbocycles. The quantitative estimate of drug-likeness (QED) is 0.657. The number of thiocarbonyl (C=S) groups is 1. The van der Waals surface area contributed by atoms with Crippen molar-refractivity contribution < 1.29 is 13.6 Å². The second kappa shape index (κ2) is 5.67. The molecule has 1 aromatic carbocycles. The summed E-state index contributed by atoms with van der Waals surface area (Å²) in [5.74, 6) is -1.46. The third-order valence-electron chi connectivity index (χ3n) is 2.73. The van der Waals surface area contributed by atoms with Crippen molar-refractivity contribution >= 4 is 51.6 Å². The van der Waals surface area contributed by atoms with Gasteiger partial charge in [0.15, 0.2) is 0 Å². The topological polar surface area (TPSA) is 29.1 Å². The van der Waals surface area contributed by atoms with Gasteiger partial charge in [0.1, 0.15) is 16.0 Å². The molecule has 0 radical (unpaired) electrons. The first kappa shape index (κ1) is 14.4. The van der Waals surface area contributed by atoms with Crippen molar-refractivity contribution in [2.75, 3.05) is 0 Å². The Labute approximate surface area is 132 Å². The number of rotatable bonds is 2. The molecule has 2 heterocycles. The smallest absolute Gasteiger partial charge is 0.263 e. The first-order valence-corrected chi connectivity index (χ1v) is 7.91. The lowest BCUT2D eigenvalue weighted by Crippen LogP contribution is -2.17. The summed E-state index contributed by atoms with van der Waals surface area (Å²) < 4.78 is 26.9. The van der Waals surface area contributed by atoms with Crippen LogP contribution in [0.25, 0.3) is 17.2 Å². The molecule has 1 fully saturated rings. The largest absolute Gasteiger partial charge is 0.307 e. The number of hydrogen-bond donors (Lipinski definition) is 1. The summed E-state index contributed by atoms with van der Waals surface area (Å²) in [5, 5.41) is 4.32. The maximum atomic E-state index is 13.2. The summed E-state index contributed by atoms with van der Waals surface area (Å²) in [7, 11) is 0. The average molecular weight is 339 g/mol. The van der Waals surface area contributed by atoms with Crippen LogP contribution in [-0.4, -0.2) is 10.2 Å². The van der Waals surface area contributed by atoms with E-state index >= 15 is 0 Å². The van der Waals surface area contributed by atoms with Crippen LogP contribution >= 0.6 is 35.3 Å². The Morgan fingerprint density at radius 1 is 1.10 bits per heavy atom. The van der Waals surface area contributed by atoms with Crippen molar-refractivity contribution in [1.29, 1.82) is 0 Å². The molecule has 1 aromatic heterocycles. The lowest BCUT2D eigenvalue weighted by Gasteiger charge is -1.98. The third kappa shape index (κ3) is 3.20. The van der Waals surface area contributed by atoms with Gasteiger partial charge >= 0.3 is 0 Å². The van der Waals surface area contributed by atoms with Gasteiger partial charge in [0.25, 0.3) is 5.91 Å². The molecule has 0 bridgehead atoms. The molecule has 106 valence electrons. The average Bonchev–Trinajstić information content (AvgIpc) is 2.96. The third-order valence-corrected chi connectivity index (χ3v) is 4.77. The molecule has 0 spiro atoms. The highest BCUT2D eigenvalue weighted by Gasteiger charge is 2.22. The van der Waals surface area contributed by atoms with E-state index in [4.69, 9.17) is 12.2 Å². The monoisotopic (exact) mass is 339 g/mol. The van der Waals surface area contributed by atoms with Crippen LogP contribution < -0.4 is 5.32 Å². The highest BCUT2D eigenvalue weighted by Crippen LogP contribution is 2.31. The van der Waals surface area contributed by atoms with Gasteiger partial charge in [-0.15, -0.1) is 11.3 Å². The number of carbonyl (C=O) groups is 1. The molecule has 0 atom stereocenters. The zero-order valence-electron chi connectivity index (χ0n) is 10.4. The molecule has 2 nitrogen and oxygen atoms in total. The second-order valence-electron chi connectivity index (χ2n) is 4.25. The van der Waals surface area contributed by atoms with Gasteiger partial charge in [-0.1, -0.05) is 24.0 Å². The Morgan fingerprint density at radius 3 is 2.43 bits per heavy atom. The van der Waals surface area contributed by atoms with Crippen molar-refractivity contribution in [2.24, 2.45) is 0 Å². The summed E-state index contributed by atoms with van der Waals surface area (Å²) in [6, 6.07) is 5.16. The minimum absolute atomic E-state index is 0.225. The molecule has 1 saturated heterocycles. The van der Waals surface area contributed by atoms with E-state index in [-0.39, 0.29) is 5.91 Å². The molecule has 0 saturated carbocycles. The first-order valence-electron chi connectivity index (χ1n) is 5.81. The number of halogens is 2. The van der Waals surface area contributed by atoms with Crippen molar-refractivity contribution in [3.8, 4) is 11.1 Å². The van der Waals surface area contributed by atoms with E-state index < -0.39 is 11.6 Å². The number of benzene rings is 1. The van der Waals surface area contributed by atoms with E-state index in [1.807, 2.05) is 0 Å². The maximum Gasteiger partial charge on any atom is 0.263 e. The van der Waals surface area contributed by atoms with Gasteiger partial charge in [-0.25, -0.2) is 8.78 Å². The molecule has 0 unspecified atom stereocenters. The lowest BCUT2D eigenvalue weighted by molar-refractivity contribution is -0.115. The molecule has 21 heavy (non-hydrogen) atoms. The van der Waals surface area contributed by atoms with Gasteiger partial charge in [-0.2, -0.15) is 0 Å². The van der Waals surface area contributed by atoms with Crippen molar-refractivity contribution in [1.82, 2.24) is 5.32 Å². The molecule has 3 rings (SSSR count). The summed E-state index contributed by atoms with van der Waals surface area (Å²) in [4.78, 5) is 12.9. The fraction of sp³-hybridized carbons (Fsp3) is 0. The normalized spacial score (nSPS) is 16.6. The number of amides is 1. The predicted molar refractivity (Wildman–Crippen MR) is 86.0 cm³/mol. The maximum absolute atomic E-state index is 13.2. The molecule has 2 aromatic rings. The summed E-state index contributed by atoms with van der Waals surface area (Å²) in [6.07, 6.45) is 1.71. The van der Waals surface area contributed by atoms with E-state index in [9.17, 15) is 13.6 Å². The minimum Gasteiger partial charge on any atom is -0.307 e. The van der Waals surface area contributed by atoms with Gasteiger partial charge in [0.2, 0.25) is 0 Å². The van der Waals surface area contributed by atoms with Gasteiger partial charge in [-0.05, 0) is 40.8 Å². The van der Waals surface area contributed by atoms with Crippen LogP contribution in [-0.2, 0) is 4.79 Å². The molecule has 1 aliphatic rings. The van der Waals surface area contributed by atoms with E-state index in [1.165, 1.54) is 35.2 Å². The minimum atomic E-state index is -0.618. The summed E-state index contributed by atoms with van der Waals surface area (Å²) in [5.41, 5.74) is 1.17. The number of nitrogens with one attached hydrogen (secondary N) is 1. The van der Waals surface area contributed by atoms with Gasteiger partial charge in [-0.3, -0.25) is 4.79 Å². The number of carbonyl (C=O) groups excluding carboxylic acids is 1. The van der Waals surface area contributed by atoms with E-state index in [0.29, 0.717) is 20.4 Å².